The van der Waals surface area contributed by atoms with Gasteiger partial charge in [-0.2, -0.15) is 0 Å². The molecule has 6 nitrogen and oxygen atoms in total. The van der Waals surface area contributed by atoms with Crippen LogP contribution in [0.3, 0.4) is 0 Å². The van der Waals surface area contributed by atoms with Crippen molar-refractivity contribution >= 4 is 23.2 Å². The summed E-state index contributed by atoms with van der Waals surface area (Å²) in [6.07, 6.45) is 3.01. The number of carbonyl (C=O) groups is 1. The van der Waals surface area contributed by atoms with E-state index in [4.69, 9.17) is 4.74 Å². The Hall–Kier alpha value is -3.41. The van der Waals surface area contributed by atoms with Gasteiger partial charge in [-0.1, -0.05) is 17.7 Å². The fourth-order valence-corrected chi connectivity index (χ4v) is 2.88. The zero-order valence-electron chi connectivity index (χ0n) is 15.8. The van der Waals surface area contributed by atoms with Crippen LogP contribution in [0.2, 0.25) is 0 Å². The molecule has 1 aromatic heterocycles. The average molecular weight is 362 g/mol. The van der Waals surface area contributed by atoms with E-state index in [2.05, 4.69) is 20.6 Å². The number of nitrogens with zero attached hydrogens (tertiary/aromatic N) is 2. The molecule has 0 aliphatic rings. The van der Waals surface area contributed by atoms with Crippen molar-refractivity contribution in [1.82, 2.24) is 9.97 Å². The lowest BCUT2D eigenvalue weighted by Gasteiger charge is -2.13. The SMILES string of the molecule is COc1ccc(Nc2ncc(C(=O)Nc3c(C)cc(C)cc3C)cn2)cc1. The quantitative estimate of drug-likeness (QED) is 0.703. The maximum atomic E-state index is 12.5. The lowest BCUT2D eigenvalue weighted by atomic mass is 10.0. The summed E-state index contributed by atoms with van der Waals surface area (Å²) in [6, 6.07) is 11.5. The number of hydrogen-bond acceptors (Lipinski definition) is 5. The maximum absolute atomic E-state index is 12.5. The number of benzene rings is 2. The Balaban J connectivity index is 1.70. The Morgan fingerprint density at radius 3 is 2.11 bits per heavy atom. The highest BCUT2D eigenvalue weighted by Crippen LogP contribution is 2.23. The lowest BCUT2D eigenvalue weighted by Crippen LogP contribution is -2.15. The number of amides is 1. The standard InChI is InChI=1S/C21H22N4O2/c1-13-9-14(2)19(15(3)10-13)25-20(26)16-11-22-21(23-12-16)24-17-5-7-18(27-4)8-6-17/h5-12H,1-4H3,(H,25,26)(H,22,23,24). The summed E-state index contributed by atoms with van der Waals surface area (Å²) in [7, 11) is 1.62. The predicted molar refractivity (Wildman–Crippen MR) is 107 cm³/mol. The van der Waals surface area contributed by atoms with Crippen molar-refractivity contribution < 1.29 is 9.53 Å². The highest BCUT2D eigenvalue weighted by Gasteiger charge is 2.11. The minimum absolute atomic E-state index is 0.235. The first-order chi connectivity index (χ1) is 13.0. The molecule has 0 spiro atoms. The van der Waals surface area contributed by atoms with Crippen LogP contribution < -0.4 is 15.4 Å². The second kappa shape index (κ2) is 7.86. The molecule has 0 fully saturated rings. The normalized spacial score (nSPS) is 10.4. The minimum Gasteiger partial charge on any atom is -0.497 e. The second-order valence-electron chi connectivity index (χ2n) is 6.38. The Morgan fingerprint density at radius 1 is 0.963 bits per heavy atom. The van der Waals surface area contributed by atoms with Crippen LogP contribution >= 0.6 is 0 Å². The van der Waals surface area contributed by atoms with E-state index in [1.807, 2.05) is 57.2 Å². The van der Waals surface area contributed by atoms with Gasteiger partial charge >= 0.3 is 0 Å². The van der Waals surface area contributed by atoms with Gasteiger partial charge in [0, 0.05) is 23.8 Å². The molecule has 2 N–H and O–H groups in total. The van der Waals surface area contributed by atoms with Gasteiger partial charge in [0.1, 0.15) is 5.75 Å². The summed E-state index contributed by atoms with van der Waals surface area (Å²) in [6.45, 7) is 6.00. The highest BCUT2D eigenvalue weighted by molar-refractivity contribution is 6.04. The van der Waals surface area contributed by atoms with Crippen LogP contribution in [0.1, 0.15) is 27.0 Å². The fourth-order valence-electron chi connectivity index (χ4n) is 2.88. The number of carbonyl (C=O) groups excluding carboxylic acids is 1. The van der Waals surface area contributed by atoms with Gasteiger partial charge in [-0.15, -0.1) is 0 Å². The Bertz CT molecular complexity index is 928. The van der Waals surface area contributed by atoms with Crippen molar-refractivity contribution in [3.63, 3.8) is 0 Å². The smallest absolute Gasteiger partial charge is 0.258 e. The first-order valence-electron chi connectivity index (χ1n) is 8.58. The van der Waals surface area contributed by atoms with Crippen LogP contribution in [0.5, 0.6) is 5.75 Å². The largest absolute Gasteiger partial charge is 0.497 e. The fraction of sp³-hybridized carbons (Fsp3) is 0.190. The monoisotopic (exact) mass is 362 g/mol. The van der Waals surface area contributed by atoms with Crippen molar-refractivity contribution in [2.75, 3.05) is 17.7 Å². The first kappa shape index (κ1) is 18.4. The molecular formula is C21H22N4O2. The number of ether oxygens (including phenoxy) is 1. The summed E-state index contributed by atoms with van der Waals surface area (Å²) >= 11 is 0. The average Bonchev–Trinajstić information content (AvgIpc) is 2.65. The summed E-state index contributed by atoms with van der Waals surface area (Å²) < 4.78 is 5.13. The summed E-state index contributed by atoms with van der Waals surface area (Å²) in [5.74, 6) is 0.954. The third-order valence-electron chi connectivity index (χ3n) is 4.18. The van der Waals surface area contributed by atoms with Crippen LogP contribution in [-0.4, -0.2) is 23.0 Å². The van der Waals surface area contributed by atoms with Gasteiger partial charge in [0.15, 0.2) is 0 Å². The zero-order valence-corrected chi connectivity index (χ0v) is 15.8. The molecule has 6 heteroatoms. The number of anilines is 3. The topological polar surface area (TPSA) is 76.1 Å². The van der Waals surface area contributed by atoms with E-state index in [0.29, 0.717) is 11.5 Å². The number of aromatic nitrogens is 2. The number of nitrogens with one attached hydrogen (secondary N) is 2. The number of hydrogen-bond donors (Lipinski definition) is 2. The van der Waals surface area contributed by atoms with E-state index in [1.165, 1.54) is 18.0 Å². The van der Waals surface area contributed by atoms with E-state index in [1.54, 1.807) is 7.11 Å². The molecule has 0 atom stereocenters. The van der Waals surface area contributed by atoms with Crippen LogP contribution in [0.15, 0.2) is 48.8 Å². The lowest BCUT2D eigenvalue weighted by molar-refractivity contribution is 0.102. The Labute approximate surface area is 158 Å². The van der Waals surface area contributed by atoms with E-state index >= 15 is 0 Å². The number of rotatable bonds is 5. The van der Waals surface area contributed by atoms with Crippen LogP contribution in [0.25, 0.3) is 0 Å². The minimum atomic E-state index is -0.235. The first-order valence-corrected chi connectivity index (χ1v) is 8.58. The molecule has 1 amide bonds. The van der Waals surface area contributed by atoms with E-state index in [9.17, 15) is 4.79 Å². The number of methoxy groups -OCH3 is 1. The second-order valence-corrected chi connectivity index (χ2v) is 6.38. The predicted octanol–water partition coefficient (Wildman–Crippen LogP) is 4.41. The van der Waals surface area contributed by atoms with E-state index in [0.717, 1.165) is 28.3 Å². The summed E-state index contributed by atoms with van der Waals surface area (Å²) in [5, 5.41) is 6.04. The van der Waals surface area contributed by atoms with Crippen molar-refractivity contribution in [2.45, 2.75) is 20.8 Å². The van der Waals surface area contributed by atoms with Gasteiger partial charge in [0.25, 0.3) is 5.91 Å². The molecule has 0 aliphatic carbocycles. The van der Waals surface area contributed by atoms with Gasteiger partial charge in [-0.3, -0.25) is 4.79 Å². The van der Waals surface area contributed by atoms with Crippen molar-refractivity contribution in [2.24, 2.45) is 0 Å². The van der Waals surface area contributed by atoms with Crippen LogP contribution in [-0.2, 0) is 0 Å². The van der Waals surface area contributed by atoms with Crippen molar-refractivity contribution in [3.8, 4) is 5.75 Å². The molecule has 0 saturated heterocycles. The highest BCUT2D eigenvalue weighted by atomic mass is 16.5. The zero-order chi connectivity index (χ0) is 19.4. The third-order valence-corrected chi connectivity index (χ3v) is 4.18. The van der Waals surface area contributed by atoms with E-state index < -0.39 is 0 Å². The molecule has 27 heavy (non-hydrogen) atoms. The Kier molecular flexibility index (Phi) is 5.35. The molecular weight excluding hydrogens is 340 g/mol. The molecule has 138 valence electrons. The van der Waals surface area contributed by atoms with Crippen molar-refractivity contribution in [3.05, 3.63) is 71.0 Å². The van der Waals surface area contributed by atoms with Crippen LogP contribution in [0, 0.1) is 20.8 Å². The molecule has 0 saturated carbocycles. The van der Waals surface area contributed by atoms with Gasteiger partial charge in [0.2, 0.25) is 5.95 Å². The molecule has 0 unspecified atom stereocenters. The Morgan fingerprint density at radius 2 is 1.56 bits per heavy atom. The molecule has 0 radical (unpaired) electrons. The molecule has 0 aliphatic heterocycles. The van der Waals surface area contributed by atoms with Crippen LogP contribution in [0.4, 0.5) is 17.3 Å². The molecule has 3 rings (SSSR count). The summed E-state index contributed by atoms with van der Waals surface area (Å²) in [5.41, 5.74) is 5.28. The van der Waals surface area contributed by atoms with Gasteiger partial charge in [-0.05, 0) is 56.2 Å². The molecule has 0 bridgehead atoms. The third kappa shape index (κ3) is 4.41. The summed E-state index contributed by atoms with van der Waals surface area (Å²) in [4.78, 5) is 21.0. The number of aryl methyl sites for hydroxylation is 3. The van der Waals surface area contributed by atoms with Gasteiger partial charge < -0.3 is 15.4 Å². The molecule has 3 aromatic rings. The van der Waals surface area contributed by atoms with Crippen molar-refractivity contribution in [1.29, 1.82) is 0 Å². The molecule has 1 heterocycles. The van der Waals surface area contributed by atoms with E-state index in [-0.39, 0.29) is 5.91 Å². The van der Waals surface area contributed by atoms with Gasteiger partial charge in [0.05, 0.1) is 12.7 Å². The maximum Gasteiger partial charge on any atom is 0.258 e. The molecule has 2 aromatic carbocycles. The van der Waals surface area contributed by atoms with Gasteiger partial charge in [-0.25, -0.2) is 9.97 Å².